The molecule has 2 rings (SSSR count). The molecule has 5 heteroatoms. The number of primary amides is 1. The molecule has 1 aromatic carbocycles. The third-order valence-electron chi connectivity index (χ3n) is 1.90. The van der Waals surface area contributed by atoms with Crippen LogP contribution in [0.3, 0.4) is 0 Å². The molecule has 15 heavy (non-hydrogen) atoms. The molecule has 3 N–H and O–H groups in total. The number of nitrogens with one attached hydrogen (secondary N) is 1. The van der Waals surface area contributed by atoms with Crippen molar-refractivity contribution in [1.29, 1.82) is 0 Å². The first-order valence-electron chi connectivity index (χ1n) is 4.32. The van der Waals surface area contributed by atoms with Gasteiger partial charge in [-0.15, -0.1) is 0 Å². The van der Waals surface area contributed by atoms with Crippen LogP contribution in [0.25, 0.3) is 11.1 Å². The van der Waals surface area contributed by atoms with Crippen LogP contribution in [0.4, 0.5) is 4.79 Å². The Balaban J connectivity index is 2.21. The summed E-state index contributed by atoms with van der Waals surface area (Å²) in [7, 11) is 0. The van der Waals surface area contributed by atoms with E-state index in [9.17, 15) is 4.79 Å². The second-order valence-electron chi connectivity index (χ2n) is 2.93. The minimum absolute atomic E-state index is 0.426. The molecule has 0 spiro atoms. The van der Waals surface area contributed by atoms with Gasteiger partial charge in [0.15, 0.2) is 0 Å². The second kappa shape index (κ2) is 3.83. The summed E-state index contributed by atoms with van der Waals surface area (Å²) >= 11 is 0. The highest BCUT2D eigenvalue weighted by Crippen LogP contribution is 2.20. The summed E-state index contributed by atoms with van der Waals surface area (Å²) in [5.74, 6) is 0.426. The predicted octanol–water partition coefficient (Wildman–Crippen LogP) is 1.53. The van der Waals surface area contributed by atoms with Gasteiger partial charge in [-0.05, 0) is 17.7 Å². The lowest BCUT2D eigenvalue weighted by Gasteiger charge is -2.01. The van der Waals surface area contributed by atoms with Crippen molar-refractivity contribution in [2.24, 2.45) is 5.73 Å². The van der Waals surface area contributed by atoms with E-state index < -0.39 is 6.09 Å². The first kappa shape index (κ1) is 9.26. The van der Waals surface area contributed by atoms with Crippen LogP contribution in [0.5, 0.6) is 5.75 Å². The molecular weight excluding hydrogens is 194 g/mol. The van der Waals surface area contributed by atoms with Crippen LogP contribution < -0.4 is 10.5 Å². The fourth-order valence-corrected chi connectivity index (χ4v) is 1.24. The minimum Gasteiger partial charge on any atom is -0.411 e. The summed E-state index contributed by atoms with van der Waals surface area (Å²) in [4.78, 5) is 10.5. The molecule has 1 amide bonds. The standard InChI is InChI=1S/C10H9N3O2/c11-10(14)15-9-3-1-7(2-4-9)8-5-12-13-6-8/h1-6H,(H2,11,14)(H,12,13). The zero-order valence-electron chi connectivity index (χ0n) is 7.81. The van der Waals surface area contributed by atoms with Crippen LogP contribution >= 0.6 is 0 Å². The molecule has 0 saturated carbocycles. The number of nitrogens with two attached hydrogens (primary N) is 1. The molecule has 76 valence electrons. The topological polar surface area (TPSA) is 81.0 Å². The number of benzene rings is 1. The van der Waals surface area contributed by atoms with E-state index in [0.717, 1.165) is 11.1 Å². The molecule has 0 bridgehead atoms. The summed E-state index contributed by atoms with van der Waals surface area (Å²) in [5, 5.41) is 6.56. The smallest absolute Gasteiger partial charge is 0.409 e. The highest BCUT2D eigenvalue weighted by atomic mass is 16.5. The Labute approximate surface area is 85.9 Å². The number of carbonyl (C=O) groups excluding carboxylic acids is 1. The summed E-state index contributed by atoms with van der Waals surface area (Å²) < 4.78 is 4.70. The highest BCUT2D eigenvalue weighted by molar-refractivity contribution is 5.69. The number of nitrogens with zero attached hydrogens (tertiary/aromatic N) is 1. The molecule has 0 aliphatic rings. The van der Waals surface area contributed by atoms with Gasteiger partial charge < -0.3 is 10.5 Å². The van der Waals surface area contributed by atoms with Crippen LogP contribution in [-0.2, 0) is 0 Å². The van der Waals surface area contributed by atoms with Crippen molar-refractivity contribution < 1.29 is 9.53 Å². The van der Waals surface area contributed by atoms with Gasteiger partial charge in [0.05, 0.1) is 6.20 Å². The molecule has 1 aromatic heterocycles. The number of ether oxygens (including phenoxy) is 1. The van der Waals surface area contributed by atoms with Gasteiger partial charge in [0.2, 0.25) is 0 Å². The maximum atomic E-state index is 10.5. The van der Waals surface area contributed by atoms with E-state index in [-0.39, 0.29) is 0 Å². The molecule has 2 aromatic rings. The van der Waals surface area contributed by atoms with Crippen molar-refractivity contribution in [2.45, 2.75) is 0 Å². The van der Waals surface area contributed by atoms with Gasteiger partial charge in [0.1, 0.15) is 5.75 Å². The Kier molecular flexibility index (Phi) is 2.37. The largest absolute Gasteiger partial charge is 0.411 e. The number of amides is 1. The zero-order valence-corrected chi connectivity index (χ0v) is 7.81. The van der Waals surface area contributed by atoms with E-state index in [1.54, 1.807) is 24.5 Å². The van der Waals surface area contributed by atoms with Gasteiger partial charge in [-0.25, -0.2) is 4.79 Å². The van der Waals surface area contributed by atoms with E-state index in [2.05, 4.69) is 10.2 Å². The molecule has 0 fully saturated rings. The predicted molar refractivity (Wildman–Crippen MR) is 54.2 cm³/mol. The molecular formula is C10H9N3O2. The SMILES string of the molecule is NC(=O)Oc1ccc(-c2cn[nH]c2)cc1. The van der Waals surface area contributed by atoms with Gasteiger partial charge in [0, 0.05) is 11.8 Å². The van der Waals surface area contributed by atoms with Crippen LogP contribution in [0.15, 0.2) is 36.7 Å². The molecule has 5 nitrogen and oxygen atoms in total. The highest BCUT2D eigenvalue weighted by Gasteiger charge is 2.01. The van der Waals surface area contributed by atoms with Crippen molar-refractivity contribution in [3.8, 4) is 16.9 Å². The maximum Gasteiger partial charge on any atom is 0.409 e. The minimum atomic E-state index is -0.814. The van der Waals surface area contributed by atoms with E-state index in [1.807, 2.05) is 12.1 Å². The van der Waals surface area contributed by atoms with E-state index >= 15 is 0 Å². The average molecular weight is 203 g/mol. The van der Waals surface area contributed by atoms with Crippen LogP contribution in [0.1, 0.15) is 0 Å². The summed E-state index contributed by atoms with van der Waals surface area (Å²) in [6, 6.07) is 6.99. The molecule has 0 aliphatic carbocycles. The number of hydrogen-bond donors (Lipinski definition) is 2. The van der Waals surface area contributed by atoms with Gasteiger partial charge >= 0.3 is 6.09 Å². The third kappa shape index (κ3) is 2.14. The second-order valence-corrected chi connectivity index (χ2v) is 2.93. The Morgan fingerprint density at radius 3 is 2.53 bits per heavy atom. The van der Waals surface area contributed by atoms with Crippen LogP contribution in [-0.4, -0.2) is 16.3 Å². The fourth-order valence-electron chi connectivity index (χ4n) is 1.24. The molecule has 0 aliphatic heterocycles. The Hall–Kier alpha value is -2.30. The number of H-pyrrole nitrogens is 1. The Morgan fingerprint density at radius 2 is 2.00 bits per heavy atom. The zero-order chi connectivity index (χ0) is 10.7. The lowest BCUT2D eigenvalue weighted by atomic mass is 10.1. The normalized spacial score (nSPS) is 9.87. The maximum absolute atomic E-state index is 10.5. The monoisotopic (exact) mass is 203 g/mol. The number of hydrogen-bond acceptors (Lipinski definition) is 3. The Bertz CT molecular complexity index is 448. The molecule has 0 unspecified atom stereocenters. The Morgan fingerprint density at radius 1 is 1.27 bits per heavy atom. The number of rotatable bonds is 2. The van der Waals surface area contributed by atoms with Crippen molar-refractivity contribution >= 4 is 6.09 Å². The third-order valence-corrected chi connectivity index (χ3v) is 1.90. The van der Waals surface area contributed by atoms with Crippen LogP contribution in [0, 0.1) is 0 Å². The molecule has 0 atom stereocenters. The molecule has 0 radical (unpaired) electrons. The fraction of sp³-hybridized carbons (Fsp3) is 0. The van der Waals surface area contributed by atoms with Gasteiger partial charge in [-0.2, -0.15) is 5.10 Å². The number of aromatic amines is 1. The molecule has 0 saturated heterocycles. The van der Waals surface area contributed by atoms with Crippen molar-refractivity contribution in [1.82, 2.24) is 10.2 Å². The lowest BCUT2D eigenvalue weighted by molar-refractivity contribution is 0.211. The summed E-state index contributed by atoms with van der Waals surface area (Å²) in [6.07, 6.45) is 2.68. The first-order chi connectivity index (χ1) is 7.25. The van der Waals surface area contributed by atoms with Gasteiger partial charge in [0.25, 0.3) is 0 Å². The van der Waals surface area contributed by atoms with Gasteiger partial charge in [-0.3, -0.25) is 5.10 Å². The van der Waals surface area contributed by atoms with Crippen molar-refractivity contribution in [2.75, 3.05) is 0 Å². The molecule has 1 heterocycles. The lowest BCUT2D eigenvalue weighted by Crippen LogP contribution is -2.16. The number of aromatic nitrogens is 2. The van der Waals surface area contributed by atoms with Gasteiger partial charge in [-0.1, -0.05) is 12.1 Å². The quantitative estimate of drug-likeness (QED) is 0.776. The summed E-state index contributed by atoms with van der Waals surface area (Å²) in [6.45, 7) is 0. The van der Waals surface area contributed by atoms with Crippen molar-refractivity contribution in [3.05, 3.63) is 36.7 Å². The van der Waals surface area contributed by atoms with E-state index in [1.165, 1.54) is 0 Å². The average Bonchev–Trinajstić information content (AvgIpc) is 2.71. The van der Waals surface area contributed by atoms with Crippen molar-refractivity contribution in [3.63, 3.8) is 0 Å². The van der Waals surface area contributed by atoms with Crippen LogP contribution in [0.2, 0.25) is 0 Å². The van der Waals surface area contributed by atoms with E-state index in [4.69, 9.17) is 10.5 Å². The summed E-state index contributed by atoms with van der Waals surface area (Å²) in [5.41, 5.74) is 6.84. The first-order valence-corrected chi connectivity index (χ1v) is 4.32. The number of carbonyl (C=O) groups is 1. The van der Waals surface area contributed by atoms with E-state index in [0.29, 0.717) is 5.75 Å².